The minimum atomic E-state index is 0.144. The van der Waals surface area contributed by atoms with Crippen LogP contribution in [-0.2, 0) is 0 Å². The lowest BCUT2D eigenvalue weighted by atomic mass is 10.2. The topological polar surface area (TPSA) is 75.9 Å². The molecule has 0 aliphatic carbocycles. The highest BCUT2D eigenvalue weighted by molar-refractivity contribution is 7.98. The molecule has 1 unspecified atom stereocenters. The fraction of sp³-hybridized carbons (Fsp3) is 0.417. The Kier molecular flexibility index (Phi) is 5.17. The molecule has 1 atom stereocenters. The molecule has 2 aromatic rings. The molecule has 7 heteroatoms. The van der Waals surface area contributed by atoms with Gasteiger partial charge in [-0.3, -0.25) is 0 Å². The Hall–Kier alpha value is -1.60. The van der Waals surface area contributed by atoms with Gasteiger partial charge in [0.1, 0.15) is 0 Å². The third-order valence-electron chi connectivity index (χ3n) is 2.65. The van der Waals surface area contributed by atoms with Gasteiger partial charge in [-0.1, -0.05) is 23.3 Å². The van der Waals surface area contributed by atoms with Gasteiger partial charge in [0.05, 0.1) is 5.69 Å². The molecule has 0 amide bonds. The first-order valence-corrected chi connectivity index (χ1v) is 7.44. The van der Waals surface area contributed by atoms with Gasteiger partial charge in [-0.15, -0.1) is 0 Å². The van der Waals surface area contributed by atoms with Crippen LogP contribution in [0.15, 0.2) is 30.3 Å². The molecular weight excluding hydrogens is 262 g/mol. The second-order valence-electron chi connectivity index (χ2n) is 4.06. The molecule has 0 radical (unpaired) electrons. The molecule has 2 rings (SSSR count). The Morgan fingerprint density at radius 1 is 1.37 bits per heavy atom. The number of rotatable bonds is 7. The van der Waals surface area contributed by atoms with E-state index in [1.807, 2.05) is 36.6 Å². The molecule has 0 fully saturated rings. The zero-order valence-electron chi connectivity index (χ0n) is 10.7. The Bertz CT molecular complexity index is 484. The number of aliphatic hydroxyl groups is 1. The summed E-state index contributed by atoms with van der Waals surface area (Å²) in [5, 5.41) is 24.0. The summed E-state index contributed by atoms with van der Waals surface area (Å²) in [6.07, 6.45) is 2.70. The van der Waals surface area contributed by atoms with Crippen molar-refractivity contribution < 1.29 is 5.11 Å². The normalized spacial score (nSPS) is 12.3. The molecule has 102 valence electrons. The third-order valence-corrected chi connectivity index (χ3v) is 3.38. The highest BCUT2D eigenvalue weighted by Gasteiger charge is 2.13. The highest BCUT2D eigenvalue weighted by atomic mass is 32.2. The SMILES string of the molecule is CSCC(CCO)Nc1nnnn1-c1ccccc1. The molecule has 0 aliphatic heterocycles. The summed E-state index contributed by atoms with van der Waals surface area (Å²) >= 11 is 1.72. The minimum Gasteiger partial charge on any atom is -0.396 e. The van der Waals surface area contributed by atoms with Crippen molar-refractivity contribution in [3.8, 4) is 5.69 Å². The molecule has 2 N–H and O–H groups in total. The van der Waals surface area contributed by atoms with Crippen LogP contribution in [0.3, 0.4) is 0 Å². The van der Waals surface area contributed by atoms with Crippen LogP contribution in [0, 0.1) is 0 Å². The minimum absolute atomic E-state index is 0.144. The second-order valence-corrected chi connectivity index (χ2v) is 4.97. The number of nitrogens with one attached hydrogen (secondary N) is 1. The van der Waals surface area contributed by atoms with Gasteiger partial charge < -0.3 is 10.4 Å². The molecule has 6 nitrogen and oxygen atoms in total. The fourth-order valence-corrected chi connectivity index (χ4v) is 2.41. The van der Waals surface area contributed by atoms with Gasteiger partial charge in [-0.2, -0.15) is 16.4 Å². The molecule has 0 bridgehead atoms. The van der Waals surface area contributed by atoms with Crippen molar-refractivity contribution >= 4 is 17.7 Å². The zero-order valence-corrected chi connectivity index (χ0v) is 11.5. The summed E-state index contributed by atoms with van der Waals surface area (Å²) in [6.45, 7) is 0.144. The summed E-state index contributed by atoms with van der Waals surface area (Å²) in [5.41, 5.74) is 0.905. The number of hydrogen-bond donors (Lipinski definition) is 2. The number of tetrazole rings is 1. The van der Waals surface area contributed by atoms with Crippen LogP contribution < -0.4 is 5.32 Å². The molecule has 0 spiro atoms. The Morgan fingerprint density at radius 2 is 2.16 bits per heavy atom. The van der Waals surface area contributed by atoms with Crippen LogP contribution in [0.2, 0.25) is 0 Å². The maximum Gasteiger partial charge on any atom is 0.247 e. The number of thioether (sulfide) groups is 1. The first-order valence-electron chi connectivity index (χ1n) is 6.05. The fourth-order valence-electron chi connectivity index (χ4n) is 1.76. The lowest BCUT2D eigenvalue weighted by molar-refractivity contribution is 0.282. The van der Waals surface area contributed by atoms with Crippen molar-refractivity contribution in [2.24, 2.45) is 0 Å². The van der Waals surface area contributed by atoms with E-state index >= 15 is 0 Å². The second kappa shape index (κ2) is 7.10. The standard InChI is InChI=1S/C12H17N5OS/c1-19-9-10(7-8-18)13-12-14-15-16-17(12)11-5-3-2-4-6-11/h2-6,10,18H,7-9H2,1H3,(H,13,14,16). The predicted octanol–water partition coefficient (Wildman–Crippen LogP) is 1.19. The number of aliphatic hydroxyl groups excluding tert-OH is 1. The van der Waals surface area contributed by atoms with Crippen LogP contribution in [0.1, 0.15) is 6.42 Å². The number of hydrogen-bond acceptors (Lipinski definition) is 6. The quantitative estimate of drug-likeness (QED) is 0.793. The van der Waals surface area contributed by atoms with Gasteiger partial charge in [-0.05, 0) is 35.2 Å². The van der Waals surface area contributed by atoms with Crippen molar-refractivity contribution in [2.75, 3.05) is 23.9 Å². The summed E-state index contributed by atoms with van der Waals surface area (Å²) in [5.74, 6) is 1.49. The van der Waals surface area contributed by atoms with Crippen LogP contribution in [-0.4, -0.2) is 50.0 Å². The van der Waals surface area contributed by atoms with E-state index in [0.717, 1.165) is 11.4 Å². The van der Waals surface area contributed by atoms with Crippen LogP contribution >= 0.6 is 11.8 Å². The van der Waals surface area contributed by atoms with Gasteiger partial charge in [0.25, 0.3) is 0 Å². The average molecular weight is 279 g/mol. The van der Waals surface area contributed by atoms with Crippen molar-refractivity contribution in [2.45, 2.75) is 12.5 Å². The molecule has 1 aromatic carbocycles. The molecule has 0 saturated carbocycles. The highest BCUT2D eigenvalue weighted by Crippen LogP contribution is 2.13. The van der Waals surface area contributed by atoms with Crippen LogP contribution in [0.5, 0.6) is 0 Å². The Morgan fingerprint density at radius 3 is 2.84 bits per heavy atom. The van der Waals surface area contributed by atoms with Gasteiger partial charge in [0, 0.05) is 18.4 Å². The maximum atomic E-state index is 9.07. The average Bonchev–Trinajstić information content (AvgIpc) is 2.88. The van der Waals surface area contributed by atoms with E-state index in [9.17, 15) is 0 Å². The lowest BCUT2D eigenvalue weighted by Crippen LogP contribution is -2.25. The van der Waals surface area contributed by atoms with E-state index in [1.54, 1.807) is 16.4 Å². The van der Waals surface area contributed by atoms with Crippen LogP contribution in [0.25, 0.3) is 5.69 Å². The van der Waals surface area contributed by atoms with Gasteiger partial charge >= 0.3 is 0 Å². The molecule has 19 heavy (non-hydrogen) atoms. The summed E-state index contributed by atoms with van der Waals surface area (Å²) in [6, 6.07) is 9.85. The summed E-state index contributed by atoms with van der Waals surface area (Å²) < 4.78 is 1.66. The number of anilines is 1. The van der Waals surface area contributed by atoms with Gasteiger partial charge in [-0.25, -0.2) is 0 Å². The van der Waals surface area contributed by atoms with E-state index in [4.69, 9.17) is 5.11 Å². The summed E-state index contributed by atoms with van der Waals surface area (Å²) in [4.78, 5) is 0. The van der Waals surface area contributed by atoms with E-state index in [-0.39, 0.29) is 12.6 Å². The Balaban J connectivity index is 2.15. The number of nitrogens with zero attached hydrogens (tertiary/aromatic N) is 4. The molecule has 1 heterocycles. The van der Waals surface area contributed by atoms with Crippen molar-refractivity contribution in [3.05, 3.63) is 30.3 Å². The van der Waals surface area contributed by atoms with Gasteiger partial charge in [0.2, 0.25) is 5.95 Å². The first kappa shape index (κ1) is 13.8. The molecule has 1 aromatic heterocycles. The van der Waals surface area contributed by atoms with Crippen molar-refractivity contribution in [1.29, 1.82) is 0 Å². The van der Waals surface area contributed by atoms with E-state index in [0.29, 0.717) is 12.4 Å². The zero-order chi connectivity index (χ0) is 13.5. The molecular formula is C12H17N5OS. The number of aromatic nitrogens is 4. The first-order chi connectivity index (χ1) is 9.35. The summed E-state index contributed by atoms with van der Waals surface area (Å²) in [7, 11) is 0. The van der Waals surface area contributed by atoms with Crippen LogP contribution in [0.4, 0.5) is 5.95 Å². The molecule has 0 aliphatic rings. The van der Waals surface area contributed by atoms with E-state index in [2.05, 4.69) is 20.8 Å². The predicted molar refractivity (Wildman–Crippen MR) is 76.6 cm³/mol. The number of para-hydroxylation sites is 1. The van der Waals surface area contributed by atoms with Crippen molar-refractivity contribution in [1.82, 2.24) is 20.2 Å². The Labute approximate surface area is 116 Å². The monoisotopic (exact) mass is 279 g/mol. The third kappa shape index (κ3) is 3.68. The number of benzene rings is 1. The van der Waals surface area contributed by atoms with Gasteiger partial charge in [0.15, 0.2) is 0 Å². The lowest BCUT2D eigenvalue weighted by Gasteiger charge is -2.16. The van der Waals surface area contributed by atoms with E-state index < -0.39 is 0 Å². The molecule has 0 saturated heterocycles. The smallest absolute Gasteiger partial charge is 0.247 e. The largest absolute Gasteiger partial charge is 0.396 e. The van der Waals surface area contributed by atoms with E-state index in [1.165, 1.54) is 0 Å². The maximum absolute atomic E-state index is 9.07. The van der Waals surface area contributed by atoms with Crippen molar-refractivity contribution in [3.63, 3.8) is 0 Å².